The van der Waals surface area contributed by atoms with E-state index in [1.165, 1.54) is 0 Å². The summed E-state index contributed by atoms with van der Waals surface area (Å²) in [6.45, 7) is 2.77. The fourth-order valence-corrected chi connectivity index (χ4v) is 3.22. The lowest BCUT2D eigenvalue weighted by molar-refractivity contribution is -0.127. The standard InChI is InChI=1S/C12H16N6OS/c1-6-5-7-9(14-8-3-4-18(2)11(8)19)15-12(17-13)16-10(7)20-6/h5,8H,3-4,13H2,1-2H3,(H2,14,15,16,17). The van der Waals surface area contributed by atoms with Gasteiger partial charge in [0.2, 0.25) is 11.9 Å². The molecule has 0 aliphatic carbocycles. The Bertz CT molecular complexity index is 669. The van der Waals surface area contributed by atoms with Crippen molar-refractivity contribution in [3.05, 3.63) is 10.9 Å². The van der Waals surface area contributed by atoms with E-state index in [-0.39, 0.29) is 11.9 Å². The van der Waals surface area contributed by atoms with Gasteiger partial charge in [-0.2, -0.15) is 4.98 Å². The maximum atomic E-state index is 12.0. The molecule has 1 fully saturated rings. The van der Waals surface area contributed by atoms with Gasteiger partial charge in [-0.15, -0.1) is 11.3 Å². The van der Waals surface area contributed by atoms with Gasteiger partial charge in [0.15, 0.2) is 0 Å². The second kappa shape index (κ2) is 4.88. The van der Waals surface area contributed by atoms with E-state index in [1.807, 2.05) is 13.0 Å². The summed E-state index contributed by atoms with van der Waals surface area (Å²) in [5.41, 5.74) is 2.46. The Morgan fingerprint density at radius 1 is 1.50 bits per heavy atom. The van der Waals surface area contributed by atoms with Gasteiger partial charge in [-0.1, -0.05) is 0 Å². The summed E-state index contributed by atoms with van der Waals surface area (Å²) < 4.78 is 0. The molecule has 7 nitrogen and oxygen atoms in total. The van der Waals surface area contributed by atoms with Crippen molar-refractivity contribution in [3.63, 3.8) is 0 Å². The lowest BCUT2D eigenvalue weighted by atomic mass is 10.2. The largest absolute Gasteiger partial charge is 0.358 e. The van der Waals surface area contributed by atoms with Crippen LogP contribution in [0.2, 0.25) is 0 Å². The normalized spacial score (nSPS) is 18.9. The third-order valence-electron chi connectivity index (χ3n) is 3.38. The Labute approximate surface area is 120 Å². The van der Waals surface area contributed by atoms with Crippen LogP contribution in [-0.2, 0) is 4.79 Å². The first-order valence-electron chi connectivity index (χ1n) is 6.35. The number of carbonyl (C=O) groups excluding carboxylic acids is 1. The fourth-order valence-electron chi connectivity index (χ4n) is 2.34. The highest BCUT2D eigenvalue weighted by Gasteiger charge is 2.29. The zero-order chi connectivity index (χ0) is 14.3. The molecule has 0 saturated carbocycles. The van der Waals surface area contributed by atoms with E-state index >= 15 is 0 Å². The van der Waals surface area contributed by atoms with E-state index in [1.54, 1.807) is 23.3 Å². The first-order valence-corrected chi connectivity index (χ1v) is 7.16. The van der Waals surface area contributed by atoms with Gasteiger partial charge in [0.1, 0.15) is 16.7 Å². The summed E-state index contributed by atoms with van der Waals surface area (Å²) in [5.74, 6) is 6.49. The number of carbonyl (C=O) groups is 1. The van der Waals surface area contributed by atoms with Gasteiger partial charge in [0.25, 0.3) is 0 Å². The monoisotopic (exact) mass is 292 g/mol. The van der Waals surface area contributed by atoms with E-state index in [9.17, 15) is 4.79 Å². The van der Waals surface area contributed by atoms with Gasteiger partial charge in [0.05, 0.1) is 5.39 Å². The molecule has 0 bridgehead atoms. The molecule has 1 atom stereocenters. The van der Waals surface area contributed by atoms with E-state index in [0.717, 1.165) is 28.1 Å². The van der Waals surface area contributed by atoms with Crippen LogP contribution >= 0.6 is 11.3 Å². The Balaban J connectivity index is 1.99. The van der Waals surface area contributed by atoms with Crippen LogP contribution in [-0.4, -0.2) is 40.4 Å². The van der Waals surface area contributed by atoms with Crippen LogP contribution in [0, 0.1) is 6.92 Å². The molecule has 0 spiro atoms. The number of anilines is 2. The number of nitrogens with two attached hydrogens (primary N) is 1. The smallest absolute Gasteiger partial charge is 0.244 e. The van der Waals surface area contributed by atoms with E-state index in [0.29, 0.717) is 11.8 Å². The number of nitrogens with zero attached hydrogens (tertiary/aromatic N) is 3. The highest BCUT2D eigenvalue weighted by molar-refractivity contribution is 7.18. The van der Waals surface area contributed by atoms with Crippen molar-refractivity contribution < 1.29 is 4.79 Å². The molecule has 1 aliphatic rings. The first kappa shape index (κ1) is 13.1. The summed E-state index contributed by atoms with van der Waals surface area (Å²) in [5, 5.41) is 4.15. The third kappa shape index (κ3) is 2.16. The average molecular weight is 292 g/mol. The van der Waals surface area contributed by atoms with Gasteiger partial charge < -0.3 is 10.2 Å². The van der Waals surface area contributed by atoms with Crippen molar-refractivity contribution in [1.29, 1.82) is 0 Å². The second-order valence-corrected chi connectivity index (χ2v) is 6.10. The summed E-state index contributed by atoms with van der Waals surface area (Å²) in [6.07, 6.45) is 0.773. The molecular formula is C12H16N6OS. The average Bonchev–Trinajstić information content (AvgIpc) is 2.95. The van der Waals surface area contributed by atoms with Crippen LogP contribution in [0.3, 0.4) is 0 Å². The Morgan fingerprint density at radius 2 is 2.30 bits per heavy atom. The SMILES string of the molecule is Cc1cc2c(NC3CCN(C)C3=O)nc(NN)nc2s1. The minimum atomic E-state index is -0.232. The molecule has 0 aromatic carbocycles. The number of hydrogen-bond acceptors (Lipinski definition) is 7. The molecule has 106 valence electrons. The molecule has 1 unspecified atom stereocenters. The van der Waals surface area contributed by atoms with Crippen LogP contribution in [0.5, 0.6) is 0 Å². The van der Waals surface area contributed by atoms with Crippen molar-refractivity contribution in [2.75, 3.05) is 24.3 Å². The maximum Gasteiger partial charge on any atom is 0.244 e. The predicted molar refractivity (Wildman–Crippen MR) is 79.6 cm³/mol. The topological polar surface area (TPSA) is 96.2 Å². The van der Waals surface area contributed by atoms with Gasteiger partial charge in [-0.3, -0.25) is 10.2 Å². The number of likely N-dealkylation sites (tertiary alicyclic amines) is 1. The molecule has 8 heteroatoms. The molecular weight excluding hydrogens is 276 g/mol. The number of likely N-dealkylation sites (N-methyl/N-ethyl adjacent to an activating group) is 1. The lowest BCUT2D eigenvalue weighted by Crippen LogP contribution is -2.31. The number of hydrogen-bond donors (Lipinski definition) is 3. The number of fused-ring (bicyclic) bond motifs is 1. The van der Waals surface area contributed by atoms with Crippen LogP contribution in [0.1, 0.15) is 11.3 Å². The molecule has 2 aromatic rings. The first-order chi connectivity index (χ1) is 9.58. The number of aryl methyl sites for hydroxylation is 1. The molecule has 20 heavy (non-hydrogen) atoms. The number of aromatic nitrogens is 2. The Kier molecular flexibility index (Phi) is 3.19. The zero-order valence-electron chi connectivity index (χ0n) is 11.3. The van der Waals surface area contributed by atoms with Gasteiger partial charge in [-0.25, -0.2) is 10.8 Å². The second-order valence-electron chi connectivity index (χ2n) is 4.86. The van der Waals surface area contributed by atoms with Crippen molar-refractivity contribution >= 4 is 39.2 Å². The number of amides is 1. The van der Waals surface area contributed by atoms with Crippen LogP contribution in [0.25, 0.3) is 10.2 Å². The Morgan fingerprint density at radius 3 is 2.95 bits per heavy atom. The van der Waals surface area contributed by atoms with Gasteiger partial charge >= 0.3 is 0 Å². The third-order valence-corrected chi connectivity index (χ3v) is 4.33. The summed E-state index contributed by atoms with van der Waals surface area (Å²) >= 11 is 1.57. The fraction of sp³-hybridized carbons (Fsp3) is 0.417. The van der Waals surface area contributed by atoms with Crippen molar-refractivity contribution in [1.82, 2.24) is 14.9 Å². The number of rotatable bonds is 3. The van der Waals surface area contributed by atoms with E-state index in [2.05, 4.69) is 20.7 Å². The molecule has 3 heterocycles. The van der Waals surface area contributed by atoms with E-state index in [4.69, 9.17) is 5.84 Å². The minimum Gasteiger partial charge on any atom is -0.358 e. The van der Waals surface area contributed by atoms with Crippen molar-refractivity contribution in [2.45, 2.75) is 19.4 Å². The molecule has 1 aliphatic heterocycles. The lowest BCUT2D eigenvalue weighted by Gasteiger charge is -2.14. The minimum absolute atomic E-state index is 0.0889. The number of nitrogen functional groups attached to an aromatic ring is 1. The van der Waals surface area contributed by atoms with Crippen LogP contribution in [0.15, 0.2) is 6.07 Å². The zero-order valence-corrected chi connectivity index (χ0v) is 12.1. The van der Waals surface area contributed by atoms with Gasteiger partial charge in [0, 0.05) is 18.5 Å². The summed E-state index contributed by atoms with van der Waals surface area (Å²) in [6, 6.07) is 1.79. The maximum absolute atomic E-state index is 12.0. The van der Waals surface area contributed by atoms with Gasteiger partial charge in [-0.05, 0) is 19.4 Å². The van der Waals surface area contributed by atoms with Crippen LogP contribution < -0.4 is 16.6 Å². The molecule has 3 rings (SSSR count). The summed E-state index contributed by atoms with van der Waals surface area (Å²) in [4.78, 5) is 24.4. The Hall–Kier alpha value is -1.93. The highest BCUT2D eigenvalue weighted by atomic mass is 32.1. The number of nitrogens with one attached hydrogen (secondary N) is 2. The number of hydrazine groups is 1. The molecule has 0 radical (unpaired) electrons. The number of thiophene rings is 1. The molecule has 1 amide bonds. The summed E-state index contributed by atoms with van der Waals surface area (Å²) in [7, 11) is 1.81. The predicted octanol–water partition coefficient (Wildman–Crippen LogP) is 0.928. The molecule has 1 saturated heterocycles. The van der Waals surface area contributed by atoms with Crippen molar-refractivity contribution in [3.8, 4) is 0 Å². The van der Waals surface area contributed by atoms with Crippen molar-refractivity contribution in [2.24, 2.45) is 5.84 Å². The van der Waals surface area contributed by atoms with E-state index < -0.39 is 0 Å². The van der Waals surface area contributed by atoms with Crippen LogP contribution in [0.4, 0.5) is 11.8 Å². The molecule has 2 aromatic heterocycles. The highest BCUT2D eigenvalue weighted by Crippen LogP contribution is 2.30. The molecule has 4 N–H and O–H groups in total. The quantitative estimate of drug-likeness (QED) is 0.575.